The Morgan fingerprint density at radius 3 is 2.52 bits per heavy atom. The van der Waals surface area contributed by atoms with Crippen molar-refractivity contribution >= 4 is 40.0 Å². The van der Waals surface area contributed by atoms with Crippen molar-refractivity contribution in [2.75, 3.05) is 25.0 Å². The molecule has 1 aliphatic heterocycles. The van der Waals surface area contributed by atoms with Crippen LogP contribution in [0.25, 0.3) is 10.8 Å². The molecular formula is C32H31ClN4O3. The van der Waals surface area contributed by atoms with Crippen molar-refractivity contribution in [3.05, 3.63) is 118 Å². The lowest BCUT2D eigenvalue weighted by Gasteiger charge is -2.39. The molecular weight excluding hydrogens is 524 g/mol. The molecule has 0 aromatic heterocycles. The van der Waals surface area contributed by atoms with Gasteiger partial charge in [0.15, 0.2) is 0 Å². The van der Waals surface area contributed by atoms with Crippen LogP contribution in [0.3, 0.4) is 0 Å². The number of piperidine rings is 1. The van der Waals surface area contributed by atoms with Crippen molar-refractivity contribution in [3.63, 3.8) is 0 Å². The summed E-state index contributed by atoms with van der Waals surface area (Å²) in [6.07, 6.45) is 0.842. The number of likely N-dealkylation sites (tertiary alicyclic amines) is 1. The Morgan fingerprint density at radius 2 is 1.75 bits per heavy atom. The summed E-state index contributed by atoms with van der Waals surface area (Å²) < 4.78 is 0. The molecule has 0 aliphatic carbocycles. The third kappa shape index (κ3) is 6.06. The summed E-state index contributed by atoms with van der Waals surface area (Å²) in [5.74, 6) is -0.411. The van der Waals surface area contributed by atoms with Crippen molar-refractivity contribution in [1.82, 2.24) is 10.2 Å². The van der Waals surface area contributed by atoms with Crippen LogP contribution in [0.2, 0.25) is 5.02 Å². The van der Waals surface area contributed by atoms with Crippen LogP contribution in [0.15, 0.2) is 96.2 Å². The topological polar surface area (TPSA) is 90.9 Å². The van der Waals surface area contributed by atoms with E-state index in [4.69, 9.17) is 11.6 Å². The number of carbonyl (C=O) groups excluding carboxylic acids is 2. The number of benzene rings is 4. The molecule has 8 heteroatoms. The number of hydrogen-bond acceptors (Lipinski definition) is 4. The Kier molecular flexibility index (Phi) is 8.53. The summed E-state index contributed by atoms with van der Waals surface area (Å²) in [6.45, 7) is 4.20. The van der Waals surface area contributed by atoms with E-state index in [1.165, 1.54) is 40.1 Å². The molecule has 4 aromatic carbocycles. The number of nitrogens with zero attached hydrogens (tertiary/aromatic N) is 2. The third-order valence-electron chi connectivity index (χ3n) is 7.79. The first-order valence-corrected chi connectivity index (χ1v) is 13.8. The van der Waals surface area contributed by atoms with Crippen LogP contribution >= 0.6 is 11.6 Å². The Morgan fingerprint density at radius 1 is 1.00 bits per heavy atom. The van der Waals surface area contributed by atoms with Gasteiger partial charge in [0.2, 0.25) is 0 Å². The molecule has 204 valence electrons. The van der Waals surface area contributed by atoms with E-state index in [1.54, 1.807) is 0 Å². The molecule has 2 N–H and O–H groups in total. The van der Waals surface area contributed by atoms with Crippen LogP contribution in [-0.2, 0) is 0 Å². The lowest BCUT2D eigenvalue weighted by atomic mass is 9.80. The summed E-state index contributed by atoms with van der Waals surface area (Å²) in [4.78, 5) is 37.2. The van der Waals surface area contributed by atoms with Gasteiger partial charge < -0.3 is 15.5 Å². The highest BCUT2D eigenvalue weighted by molar-refractivity contribution is 6.34. The van der Waals surface area contributed by atoms with E-state index in [2.05, 4.69) is 77.3 Å². The predicted molar refractivity (Wildman–Crippen MR) is 160 cm³/mol. The van der Waals surface area contributed by atoms with Gasteiger partial charge >= 0.3 is 11.9 Å². The number of rotatable bonds is 7. The second-order valence-corrected chi connectivity index (χ2v) is 10.6. The van der Waals surface area contributed by atoms with Gasteiger partial charge in [-0.3, -0.25) is 4.79 Å². The summed E-state index contributed by atoms with van der Waals surface area (Å²) in [5, 5.41) is 11.7. The number of anilines is 1. The average molecular weight is 555 g/mol. The molecule has 0 radical (unpaired) electrons. The monoisotopic (exact) mass is 554 g/mol. The zero-order valence-electron chi connectivity index (χ0n) is 22.2. The lowest BCUT2D eigenvalue weighted by molar-refractivity contribution is 0.100. The molecule has 0 saturated carbocycles. The van der Waals surface area contributed by atoms with Crippen molar-refractivity contribution in [3.8, 4) is 0 Å². The van der Waals surface area contributed by atoms with Gasteiger partial charge in [-0.2, -0.15) is 0 Å². The fourth-order valence-corrected chi connectivity index (χ4v) is 5.80. The first-order valence-electron chi connectivity index (χ1n) is 13.4. The Balaban J connectivity index is 1.28. The number of carbonyl (C=O) groups is 2. The number of hydrogen-bond donors (Lipinski definition) is 2. The zero-order valence-corrected chi connectivity index (χ0v) is 23.0. The van der Waals surface area contributed by atoms with Crippen LogP contribution < -0.4 is 10.6 Å². The zero-order chi connectivity index (χ0) is 28.1. The minimum absolute atomic E-state index is 0.0770. The number of halogens is 1. The van der Waals surface area contributed by atoms with Crippen molar-refractivity contribution in [2.45, 2.75) is 25.3 Å². The molecule has 1 heterocycles. The van der Waals surface area contributed by atoms with Crippen LogP contribution in [0.1, 0.15) is 46.8 Å². The highest BCUT2D eigenvalue weighted by Crippen LogP contribution is 2.34. The molecule has 3 atom stereocenters. The van der Waals surface area contributed by atoms with Crippen molar-refractivity contribution < 1.29 is 9.59 Å². The standard InChI is InChI=1S/C32H31ClN4O3/c1-21(26-13-7-11-22-10-5-6-12-27(22)26)34-19-25-16-17-37(20-28(25)23-8-3-2-4-9-23)32(39)35-30-15-14-24(18-29(30)33)31(38)36-40/h2-15,18,21,25,28,34H,16-17,19-20H2,1H3,(H,35,39)/t21-,25?,28?/m1/s1. The molecule has 2 unspecified atom stereocenters. The van der Waals surface area contributed by atoms with Crippen LogP contribution in [0, 0.1) is 10.8 Å². The second-order valence-electron chi connectivity index (χ2n) is 10.2. The molecule has 40 heavy (non-hydrogen) atoms. The maximum atomic E-state index is 13.3. The molecule has 0 spiro atoms. The predicted octanol–water partition coefficient (Wildman–Crippen LogP) is 7.39. The van der Waals surface area contributed by atoms with E-state index in [9.17, 15) is 14.5 Å². The SMILES string of the molecule is C[C@@H](NCC1CCN(C(=O)Nc2ccc(C(=O)N=O)cc2Cl)CC1c1ccccc1)c1cccc2ccccc12. The van der Waals surface area contributed by atoms with Crippen molar-refractivity contribution in [2.24, 2.45) is 11.1 Å². The van der Waals surface area contributed by atoms with Gasteiger partial charge in [0.1, 0.15) is 0 Å². The minimum Gasteiger partial charge on any atom is -0.324 e. The van der Waals surface area contributed by atoms with Gasteiger partial charge in [0.25, 0.3) is 0 Å². The van der Waals surface area contributed by atoms with Gasteiger partial charge in [-0.25, -0.2) is 4.79 Å². The van der Waals surface area contributed by atoms with E-state index in [0.29, 0.717) is 24.7 Å². The van der Waals surface area contributed by atoms with Crippen molar-refractivity contribution in [1.29, 1.82) is 0 Å². The molecule has 0 bridgehead atoms. The average Bonchev–Trinajstić information content (AvgIpc) is 3.00. The molecule has 1 saturated heterocycles. The smallest absolute Gasteiger partial charge is 0.321 e. The molecule has 1 aliphatic rings. The maximum absolute atomic E-state index is 13.3. The normalized spacial score (nSPS) is 17.8. The number of fused-ring (bicyclic) bond motifs is 1. The lowest BCUT2D eigenvalue weighted by Crippen LogP contribution is -2.47. The van der Waals surface area contributed by atoms with Gasteiger partial charge in [0.05, 0.1) is 10.7 Å². The van der Waals surface area contributed by atoms with E-state index >= 15 is 0 Å². The minimum atomic E-state index is -0.907. The number of urea groups is 1. The quantitative estimate of drug-likeness (QED) is 0.233. The molecule has 5 rings (SSSR count). The highest BCUT2D eigenvalue weighted by Gasteiger charge is 2.33. The van der Waals surface area contributed by atoms with E-state index in [1.807, 2.05) is 23.1 Å². The molecule has 1 fully saturated rings. The molecule has 7 nitrogen and oxygen atoms in total. The summed E-state index contributed by atoms with van der Waals surface area (Å²) in [6, 6.07) is 29.4. The van der Waals surface area contributed by atoms with Crippen LogP contribution in [-0.4, -0.2) is 36.5 Å². The largest absolute Gasteiger partial charge is 0.324 e. The van der Waals surface area contributed by atoms with Crippen LogP contribution in [0.5, 0.6) is 0 Å². The Hall–Kier alpha value is -4.07. The first kappa shape index (κ1) is 27.5. The third-order valence-corrected chi connectivity index (χ3v) is 8.10. The number of amides is 3. The highest BCUT2D eigenvalue weighted by atomic mass is 35.5. The summed E-state index contributed by atoms with van der Waals surface area (Å²) >= 11 is 6.28. The fraction of sp³-hybridized carbons (Fsp3) is 0.250. The summed E-state index contributed by atoms with van der Waals surface area (Å²) in [5.41, 5.74) is 2.93. The number of nitroso groups, excluding NO2 is 1. The summed E-state index contributed by atoms with van der Waals surface area (Å²) in [7, 11) is 0. The van der Waals surface area contributed by atoms with Gasteiger partial charge in [-0.15, -0.1) is 4.91 Å². The van der Waals surface area contributed by atoms with Gasteiger partial charge in [-0.05, 0) is 65.9 Å². The molecule has 3 amide bonds. The molecule has 4 aromatic rings. The van der Waals surface area contributed by atoms with Gasteiger partial charge in [-0.1, -0.05) is 84.4 Å². The first-order chi connectivity index (χ1) is 19.4. The van der Waals surface area contributed by atoms with E-state index < -0.39 is 5.91 Å². The Bertz CT molecular complexity index is 1520. The fourth-order valence-electron chi connectivity index (χ4n) is 5.57. The van der Waals surface area contributed by atoms with Crippen LogP contribution in [0.4, 0.5) is 10.5 Å². The maximum Gasteiger partial charge on any atom is 0.321 e. The van der Waals surface area contributed by atoms with E-state index in [0.717, 1.165) is 13.0 Å². The second kappa shape index (κ2) is 12.4. The Labute approximate surface area is 238 Å². The van der Waals surface area contributed by atoms with Gasteiger partial charge in [0, 0.05) is 35.8 Å². The van der Waals surface area contributed by atoms with E-state index in [-0.39, 0.29) is 28.6 Å². The number of nitrogens with one attached hydrogen (secondary N) is 2.